The van der Waals surface area contributed by atoms with Crippen LogP contribution in [0.2, 0.25) is 0 Å². The molecule has 0 aliphatic carbocycles. The molecule has 1 unspecified atom stereocenters. The number of nitrogens with one attached hydrogen (secondary N) is 1. The quantitative estimate of drug-likeness (QED) is 0.742. The molecule has 5 nitrogen and oxygen atoms in total. The molecule has 0 aromatic heterocycles. The van der Waals surface area contributed by atoms with Gasteiger partial charge >= 0.3 is 0 Å². The third-order valence-electron chi connectivity index (χ3n) is 2.35. The molecule has 1 atom stereocenters. The molecule has 0 radical (unpaired) electrons. The third-order valence-corrected chi connectivity index (χ3v) is 2.35. The van der Waals surface area contributed by atoms with Gasteiger partial charge in [-0.05, 0) is 31.2 Å². The molecule has 1 aromatic rings. The Bertz CT molecular complexity index is 364. The molecular weight excluding hydrogens is 234 g/mol. The summed E-state index contributed by atoms with van der Waals surface area (Å²) in [5.41, 5.74) is 0. The Balaban J connectivity index is 2.42. The first-order valence-electron chi connectivity index (χ1n) is 5.74. The zero-order valence-electron chi connectivity index (χ0n) is 10.9. The fourth-order valence-corrected chi connectivity index (χ4v) is 1.33. The van der Waals surface area contributed by atoms with E-state index < -0.39 is 6.10 Å². The summed E-state index contributed by atoms with van der Waals surface area (Å²) in [5, 5.41) is 2.71. The van der Waals surface area contributed by atoms with Crippen molar-refractivity contribution in [3.63, 3.8) is 0 Å². The highest BCUT2D eigenvalue weighted by Gasteiger charge is 2.13. The average molecular weight is 253 g/mol. The van der Waals surface area contributed by atoms with Crippen LogP contribution in [0.15, 0.2) is 24.3 Å². The second-order valence-electron chi connectivity index (χ2n) is 3.72. The number of rotatable bonds is 7. The molecular formula is C13H19NO4. The van der Waals surface area contributed by atoms with Crippen LogP contribution in [0.3, 0.4) is 0 Å². The molecule has 1 amide bonds. The fourth-order valence-electron chi connectivity index (χ4n) is 1.33. The van der Waals surface area contributed by atoms with Gasteiger partial charge in [-0.25, -0.2) is 0 Å². The lowest BCUT2D eigenvalue weighted by Crippen LogP contribution is -2.37. The second kappa shape index (κ2) is 7.55. The molecule has 5 heteroatoms. The lowest BCUT2D eigenvalue weighted by Gasteiger charge is -2.14. The SMILES string of the molecule is COCCNC(=O)C(C)Oc1ccc(OC)cc1. The Hall–Kier alpha value is -1.75. The molecule has 0 heterocycles. The van der Waals surface area contributed by atoms with Crippen LogP contribution in [-0.4, -0.2) is 39.4 Å². The lowest BCUT2D eigenvalue weighted by atomic mass is 10.3. The number of carbonyl (C=O) groups excluding carboxylic acids is 1. The molecule has 0 bridgehead atoms. The standard InChI is InChI=1S/C13H19NO4/c1-10(13(15)14-8-9-16-2)18-12-6-4-11(17-3)5-7-12/h4-7,10H,8-9H2,1-3H3,(H,14,15). The van der Waals surface area contributed by atoms with Gasteiger partial charge in [0.25, 0.3) is 5.91 Å². The Labute approximate surface area is 107 Å². The summed E-state index contributed by atoms with van der Waals surface area (Å²) in [4.78, 5) is 11.6. The summed E-state index contributed by atoms with van der Waals surface area (Å²) in [6, 6.07) is 7.09. The van der Waals surface area contributed by atoms with Gasteiger partial charge in [0, 0.05) is 13.7 Å². The topological polar surface area (TPSA) is 56.8 Å². The minimum Gasteiger partial charge on any atom is -0.497 e. The van der Waals surface area contributed by atoms with Crippen molar-refractivity contribution in [1.82, 2.24) is 5.32 Å². The van der Waals surface area contributed by atoms with Crippen molar-refractivity contribution < 1.29 is 19.0 Å². The Morgan fingerprint density at radius 3 is 2.39 bits per heavy atom. The Kier molecular flexibility index (Phi) is 6.00. The predicted molar refractivity (Wildman–Crippen MR) is 68.0 cm³/mol. The number of hydrogen-bond donors (Lipinski definition) is 1. The molecule has 1 N–H and O–H groups in total. The van der Waals surface area contributed by atoms with Gasteiger partial charge < -0.3 is 19.5 Å². The summed E-state index contributed by atoms with van der Waals surface area (Å²) < 4.78 is 15.4. The molecule has 100 valence electrons. The van der Waals surface area contributed by atoms with Gasteiger partial charge in [-0.3, -0.25) is 4.79 Å². The highest BCUT2D eigenvalue weighted by molar-refractivity contribution is 5.80. The van der Waals surface area contributed by atoms with Gasteiger partial charge in [-0.1, -0.05) is 0 Å². The van der Waals surface area contributed by atoms with Gasteiger partial charge in [-0.15, -0.1) is 0 Å². The maximum Gasteiger partial charge on any atom is 0.260 e. The van der Waals surface area contributed by atoms with Crippen molar-refractivity contribution in [2.75, 3.05) is 27.4 Å². The molecule has 0 spiro atoms. The van der Waals surface area contributed by atoms with Crippen LogP contribution in [0.5, 0.6) is 11.5 Å². The maximum absolute atomic E-state index is 11.6. The van der Waals surface area contributed by atoms with E-state index in [0.717, 1.165) is 5.75 Å². The van der Waals surface area contributed by atoms with E-state index in [9.17, 15) is 4.79 Å². The maximum atomic E-state index is 11.6. The summed E-state index contributed by atoms with van der Waals surface area (Å²) >= 11 is 0. The molecule has 1 aromatic carbocycles. The van der Waals surface area contributed by atoms with Crippen molar-refractivity contribution in [1.29, 1.82) is 0 Å². The molecule has 0 aliphatic heterocycles. The van der Waals surface area contributed by atoms with E-state index in [1.165, 1.54) is 0 Å². The van der Waals surface area contributed by atoms with Crippen LogP contribution in [0.25, 0.3) is 0 Å². The monoisotopic (exact) mass is 253 g/mol. The highest BCUT2D eigenvalue weighted by Crippen LogP contribution is 2.18. The van der Waals surface area contributed by atoms with Crippen molar-refractivity contribution in [3.05, 3.63) is 24.3 Å². The van der Waals surface area contributed by atoms with Gasteiger partial charge in [0.1, 0.15) is 11.5 Å². The molecule has 0 saturated carbocycles. The van der Waals surface area contributed by atoms with E-state index in [1.54, 1.807) is 45.4 Å². The third kappa shape index (κ3) is 4.63. The Morgan fingerprint density at radius 1 is 1.22 bits per heavy atom. The van der Waals surface area contributed by atoms with Crippen molar-refractivity contribution >= 4 is 5.91 Å². The smallest absolute Gasteiger partial charge is 0.260 e. The van der Waals surface area contributed by atoms with E-state index in [1.807, 2.05) is 0 Å². The number of amides is 1. The number of methoxy groups -OCH3 is 2. The zero-order valence-corrected chi connectivity index (χ0v) is 10.9. The van der Waals surface area contributed by atoms with E-state index in [-0.39, 0.29) is 5.91 Å². The molecule has 0 fully saturated rings. The highest BCUT2D eigenvalue weighted by atomic mass is 16.5. The predicted octanol–water partition coefficient (Wildman–Crippen LogP) is 1.23. The van der Waals surface area contributed by atoms with Crippen LogP contribution in [0, 0.1) is 0 Å². The summed E-state index contributed by atoms with van der Waals surface area (Å²) in [6.45, 7) is 2.67. The van der Waals surface area contributed by atoms with Crippen molar-refractivity contribution in [3.8, 4) is 11.5 Å². The summed E-state index contributed by atoms with van der Waals surface area (Å²) in [5.74, 6) is 1.22. The fraction of sp³-hybridized carbons (Fsp3) is 0.462. The van der Waals surface area contributed by atoms with Crippen LogP contribution in [0.1, 0.15) is 6.92 Å². The van der Waals surface area contributed by atoms with Gasteiger partial charge in [-0.2, -0.15) is 0 Å². The Morgan fingerprint density at radius 2 is 1.83 bits per heavy atom. The van der Waals surface area contributed by atoms with Crippen LogP contribution >= 0.6 is 0 Å². The minimum absolute atomic E-state index is 0.164. The number of carbonyl (C=O) groups is 1. The lowest BCUT2D eigenvalue weighted by molar-refractivity contribution is -0.127. The largest absolute Gasteiger partial charge is 0.497 e. The first-order valence-corrected chi connectivity index (χ1v) is 5.74. The number of benzene rings is 1. The zero-order chi connectivity index (χ0) is 13.4. The van der Waals surface area contributed by atoms with E-state index in [0.29, 0.717) is 18.9 Å². The normalized spacial score (nSPS) is 11.7. The molecule has 0 saturated heterocycles. The van der Waals surface area contributed by atoms with E-state index in [4.69, 9.17) is 14.2 Å². The minimum atomic E-state index is -0.546. The first kappa shape index (κ1) is 14.3. The second-order valence-corrected chi connectivity index (χ2v) is 3.72. The number of ether oxygens (including phenoxy) is 3. The van der Waals surface area contributed by atoms with Crippen molar-refractivity contribution in [2.45, 2.75) is 13.0 Å². The van der Waals surface area contributed by atoms with E-state index >= 15 is 0 Å². The van der Waals surface area contributed by atoms with Crippen molar-refractivity contribution in [2.24, 2.45) is 0 Å². The van der Waals surface area contributed by atoms with Crippen LogP contribution in [0.4, 0.5) is 0 Å². The molecule has 18 heavy (non-hydrogen) atoms. The number of hydrogen-bond acceptors (Lipinski definition) is 4. The molecule has 1 rings (SSSR count). The van der Waals surface area contributed by atoms with E-state index in [2.05, 4.69) is 5.32 Å². The molecule has 0 aliphatic rings. The van der Waals surface area contributed by atoms with Crippen LogP contribution in [-0.2, 0) is 9.53 Å². The van der Waals surface area contributed by atoms with Gasteiger partial charge in [0.15, 0.2) is 6.10 Å². The van der Waals surface area contributed by atoms with Gasteiger partial charge in [0.05, 0.1) is 13.7 Å². The average Bonchev–Trinajstić information content (AvgIpc) is 2.39. The summed E-state index contributed by atoms with van der Waals surface area (Å²) in [7, 11) is 3.19. The van der Waals surface area contributed by atoms with Gasteiger partial charge in [0.2, 0.25) is 0 Å². The van der Waals surface area contributed by atoms with Crippen LogP contribution < -0.4 is 14.8 Å². The summed E-state index contributed by atoms with van der Waals surface area (Å²) in [6.07, 6.45) is -0.546. The first-order chi connectivity index (χ1) is 8.67.